The second-order valence-electron chi connectivity index (χ2n) is 13.2. The van der Waals surface area contributed by atoms with Crippen LogP contribution in [-0.4, -0.2) is 64.4 Å². The number of fused-ring (bicyclic) bond motifs is 2. The summed E-state index contributed by atoms with van der Waals surface area (Å²) in [6, 6.07) is 25.9. The van der Waals surface area contributed by atoms with Crippen molar-refractivity contribution < 1.29 is 29.8 Å². The molecule has 0 radical (unpaired) electrons. The number of benzene rings is 5. The molecule has 1 amide bonds. The van der Waals surface area contributed by atoms with Gasteiger partial charge in [-0.05, 0) is 105 Å². The van der Waals surface area contributed by atoms with E-state index in [0.717, 1.165) is 44.7 Å². The first-order valence-corrected chi connectivity index (χ1v) is 18.0. The number of carboxylic acid groups (broad SMARTS) is 1. The molecule has 0 atom stereocenters. The van der Waals surface area contributed by atoms with Gasteiger partial charge in [0.25, 0.3) is 11.6 Å². The van der Waals surface area contributed by atoms with Gasteiger partial charge in [-0.3, -0.25) is 14.9 Å². The van der Waals surface area contributed by atoms with Gasteiger partial charge >= 0.3 is 5.97 Å². The van der Waals surface area contributed by atoms with Crippen LogP contribution in [0.15, 0.2) is 91.0 Å². The van der Waals surface area contributed by atoms with E-state index in [1.54, 1.807) is 47.0 Å². The molecule has 4 N–H and O–H groups in total. The van der Waals surface area contributed by atoms with E-state index in [-0.39, 0.29) is 53.3 Å². The Morgan fingerprint density at radius 3 is 1.82 bits per heavy atom. The number of nitro groups is 1. The highest BCUT2D eigenvalue weighted by atomic mass is 35.5. The van der Waals surface area contributed by atoms with Gasteiger partial charge < -0.3 is 29.8 Å². The molecule has 0 saturated heterocycles. The minimum absolute atomic E-state index is 0.0410. The first-order valence-electron chi connectivity index (χ1n) is 17.7. The van der Waals surface area contributed by atoms with E-state index in [1.807, 2.05) is 68.7 Å². The Morgan fingerprint density at radius 2 is 1.27 bits per heavy atom. The number of nitrogens with one attached hydrogen (secondary N) is 1. The molecular formula is C42H39ClN6O7. The number of carbonyl (C=O) groups is 2. The topological polar surface area (TPSA) is 186 Å². The number of carbonyl (C=O) groups excluding carboxylic acids is 1. The molecular weight excluding hydrogens is 736 g/mol. The van der Waals surface area contributed by atoms with Crippen molar-refractivity contribution in [2.45, 2.75) is 40.8 Å². The van der Waals surface area contributed by atoms with Crippen LogP contribution in [0.1, 0.15) is 43.0 Å². The molecule has 0 aliphatic rings. The van der Waals surface area contributed by atoms with Crippen molar-refractivity contribution >= 4 is 56.9 Å². The monoisotopic (exact) mass is 774 g/mol. The third-order valence-electron chi connectivity index (χ3n) is 9.53. The highest BCUT2D eigenvalue weighted by molar-refractivity contribution is 6.33. The average molecular weight is 775 g/mol. The molecule has 0 aliphatic carbocycles. The van der Waals surface area contributed by atoms with Crippen molar-refractivity contribution in [3.05, 3.63) is 140 Å². The quantitative estimate of drug-likeness (QED) is 0.0786. The van der Waals surface area contributed by atoms with Crippen LogP contribution >= 0.6 is 11.6 Å². The van der Waals surface area contributed by atoms with Gasteiger partial charge in [-0.2, -0.15) is 0 Å². The second kappa shape index (κ2) is 16.5. The zero-order valence-electron chi connectivity index (χ0n) is 31.1. The number of amides is 1. The summed E-state index contributed by atoms with van der Waals surface area (Å²) in [5, 5.41) is 42.9. The maximum absolute atomic E-state index is 12.9. The molecule has 7 rings (SSSR count). The third kappa shape index (κ3) is 7.87. The number of hydrogen-bond acceptors (Lipinski definition) is 8. The van der Waals surface area contributed by atoms with Crippen molar-refractivity contribution in [3.63, 3.8) is 0 Å². The average Bonchev–Trinajstić information content (AvgIpc) is 3.70. The summed E-state index contributed by atoms with van der Waals surface area (Å²) in [7, 11) is 0. The predicted octanol–water partition coefficient (Wildman–Crippen LogP) is 8.14. The van der Waals surface area contributed by atoms with Crippen LogP contribution in [-0.2, 0) is 13.1 Å². The van der Waals surface area contributed by atoms with E-state index in [4.69, 9.17) is 11.6 Å². The molecule has 5 aromatic carbocycles. The molecule has 0 aliphatic heterocycles. The summed E-state index contributed by atoms with van der Waals surface area (Å²) in [5.41, 5.74) is 9.18. The zero-order chi connectivity index (χ0) is 40.3. The number of aryl methyl sites for hydroxylation is 4. The number of imidazole rings is 2. The smallest absolute Gasteiger partial charge is 0.335 e. The number of anilines is 1. The van der Waals surface area contributed by atoms with Crippen molar-refractivity contribution in [3.8, 4) is 22.8 Å². The predicted molar refractivity (Wildman–Crippen MR) is 216 cm³/mol. The fourth-order valence-electron chi connectivity index (χ4n) is 6.63. The first-order chi connectivity index (χ1) is 26.8. The number of aliphatic hydroxyl groups is 2. The highest BCUT2D eigenvalue weighted by Crippen LogP contribution is 2.38. The van der Waals surface area contributed by atoms with Gasteiger partial charge in [0, 0.05) is 36.0 Å². The standard InChI is InChI=1S/C24H21ClN4O4.C18H18N2O3/c1-14-6-8-17(12-15(14)2)26-24(31)16-7-9-19-21(13-16)28(10-11-30)23(27-19)22-18(25)4-3-5-20(22)29(32)33;1-11-4-3-5-12(2)16(11)17-19-14-7-6-13(18(22)23)10-15(14)20(17)8-9-21/h3-9,12-13,30H,10-11H2,1-2H3,(H,26,31);3-7,10,21H,8-9H2,1-2H3,(H,22,23). The molecule has 2 heterocycles. The van der Waals surface area contributed by atoms with E-state index in [2.05, 4.69) is 15.3 Å². The lowest BCUT2D eigenvalue weighted by Crippen LogP contribution is -2.12. The molecule has 2 aromatic heterocycles. The number of aromatic carboxylic acids is 1. The van der Waals surface area contributed by atoms with Crippen LogP contribution in [0, 0.1) is 37.8 Å². The first kappa shape index (κ1) is 39.3. The minimum Gasteiger partial charge on any atom is -0.478 e. The van der Waals surface area contributed by atoms with Crippen LogP contribution in [0.25, 0.3) is 44.8 Å². The number of nitrogens with zero attached hydrogens (tertiary/aromatic N) is 5. The maximum atomic E-state index is 12.9. The van der Waals surface area contributed by atoms with Crippen molar-refractivity contribution in [2.75, 3.05) is 18.5 Å². The van der Waals surface area contributed by atoms with Crippen molar-refractivity contribution in [1.82, 2.24) is 19.1 Å². The van der Waals surface area contributed by atoms with E-state index in [0.29, 0.717) is 28.8 Å². The number of halogens is 1. The number of hydrogen-bond donors (Lipinski definition) is 4. The molecule has 0 saturated carbocycles. The number of rotatable bonds is 10. The molecule has 286 valence electrons. The molecule has 0 spiro atoms. The summed E-state index contributed by atoms with van der Waals surface area (Å²) in [5.74, 6) is -0.269. The van der Waals surface area contributed by atoms with Crippen molar-refractivity contribution in [1.29, 1.82) is 0 Å². The van der Waals surface area contributed by atoms with E-state index < -0.39 is 10.9 Å². The molecule has 56 heavy (non-hydrogen) atoms. The Morgan fingerprint density at radius 1 is 0.714 bits per heavy atom. The summed E-state index contributed by atoms with van der Waals surface area (Å²) in [6.07, 6.45) is 0. The molecule has 13 nitrogen and oxygen atoms in total. The summed E-state index contributed by atoms with van der Waals surface area (Å²) in [4.78, 5) is 44.4. The summed E-state index contributed by atoms with van der Waals surface area (Å²) in [6.45, 7) is 8.23. The van der Waals surface area contributed by atoms with Gasteiger partial charge in [-0.15, -0.1) is 0 Å². The van der Waals surface area contributed by atoms with Crippen LogP contribution < -0.4 is 5.32 Å². The fraction of sp³-hybridized carbons (Fsp3) is 0.190. The highest BCUT2D eigenvalue weighted by Gasteiger charge is 2.25. The molecule has 0 fully saturated rings. The Hall–Kier alpha value is -6.41. The van der Waals surface area contributed by atoms with Gasteiger partial charge in [0.15, 0.2) is 0 Å². The number of nitro benzene ring substituents is 1. The van der Waals surface area contributed by atoms with Crippen LogP contribution in [0.5, 0.6) is 0 Å². The van der Waals surface area contributed by atoms with Gasteiger partial charge in [0.05, 0.1) is 50.8 Å². The summed E-state index contributed by atoms with van der Waals surface area (Å²) >= 11 is 6.32. The van der Waals surface area contributed by atoms with Gasteiger partial charge in [-0.1, -0.05) is 41.9 Å². The lowest BCUT2D eigenvalue weighted by molar-refractivity contribution is -0.384. The minimum atomic E-state index is -0.975. The fourth-order valence-corrected chi connectivity index (χ4v) is 6.88. The van der Waals surface area contributed by atoms with Crippen molar-refractivity contribution in [2.24, 2.45) is 0 Å². The molecule has 7 aromatic rings. The van der Waals surface area contributed by atoms with E-state index in [9.17, 15) is 35.0 Å². The Balaban J connectivity index is 0.000000202. The van der Waals surface area contributed by atoms with Gasteiger partial charge in [0.2, 0.25) is 0 Å². The number of carboxylic acids is 1. The zero-order valence-corrected chi connectivity index (χ0v) is 31.8. The lowest BCUT2D eigenvalue weighted by Gasteiger charge is -2.12. The Bertz CT molecular complexity index is 2630. The normalized spacial score (nSPS) is 11.1. The summed E-state index contributed by atoms with van der Waals surface area (Å²) < 4.78 is 3.52. The largest absolute Gasteiger partial charge is 0.478 e. The van der Waals surface area contributed by atoms with E-state index in [1.165, 1.54) is 12.1 Å². The molecule has 0 unspecified atom stereocenters. The lowest BCUT2D eigenvalue weighted by atomic mass is 10.0. The van der Waals surface area contributed by atoms with Crippen LogP contribution in [0.2, 0.25) is 5.02 Å². The Kier molecular flexibility index (Phi) is 11.6. The van der Waals surface area contributed by atoms with Gasteiger partial charge in [0.1, 0.15) is 17.2 Å². The van der Waals surface area contributed by atoms with E-state index >= 15 is 0 Å². The number of aliphatic hydroxyl groups excluding tert-OH is 2. The van der Waals surface area contributed by atoms with Crippen LogP contribution in [0.4, 0.5) is 11.4 Å². The third-order valence-corrected chi connectivity index (χ3v) is 9.85. The Labute approximate surface area is 326 Å². The van der Waals surface area contributed by atoms with Crippen LogP contribution in [0.3, 0.4) is 0 Å². The molecule has 14 heteroatoms. The second-order valence-corrected chi connectivity index (χ2v) is 13.7. The van der Waals surface area contributed by atoms with Gasteiger partial charge in [-0.25, -0.2) is 14.8 Å². The molecule has 0 bridgehead atoms. The number of aromatic nitrogens is 4. The maximum Gasteiger partial charge on any atom is 0.335 e. The SMILES string of the molecule is Cc1ccc(NC(=O)c2ccc3nc(-c4c(Cl)cccc4[N+](=O)[O-])n(CCO)c3c2)cc1C.Cc1cccc(C)c1-c1nc2ccc(C(=O)O)cc2n1CCO.